The van der Waals surface area contributed by atoms with Gasteiger partial charge in [0.05, 0.1) is 13.7 Å². The monoisotopic (exact) mass is 293 g/mol. The van der Waals surface area contributed by atoms with Crippen molar-refractivity contribution in [2.45, 2.75) is 34.1 Å². The number of hydrogen-bond acceptors (Lipinski definition) is 4. The van der Waals surface area contributed by atoms with E-state index >= 15 is 0 Å². The van der Waals surface area contributed by atoms with E-state index in [1.165, 1.54) is 7.11 Å². The molecule has 116 valence electrons. The third-order valence-electron chi connectivity index (χ3n) is 2.79. The number of carbonyl (C=O) groups excluding carboxylic acids is 2. The molecule has 0 unspecified atom stereocenters. The number of nitrogens with one attached hydrogen (secondary N) is 1. The average Bonchev–Trinajstić information content (AvgIpc) is 2.43. The second-order valence-electron chi connectivity index (χ2n) is 5.76. The normalized spacial score (nSPS) is 10.9. The number of anilines is 1. The number of rotatable bonds is 5. The molecule has 1 aromatic rings. The highest BCUT2D eigenvalue weighted by atomic mass is 16.5. The standard InChI is InChI=1S/C16H23NO4/c1-6-9-21-13-8-7-11(10-12(13)14(18)20-5)17-15(19)16(2,3)4/h7-8,10H,6,9H2,1-5H3,(H,17,19). The molecule has 0 saturated carbocycles. The van der Waals surface area contributed by atoms with Crippen LogP contribution in [-0.4, -0.2) is 25.6 Å². The van der Waals surface area contributed by atoms with Crippen LogP contribution in [-0.2, 0) is 9.53 Å². The SMILES string of the molecule is CCCOc1ccc(NC(=O)C(C)(C)C)cc1C(=O)OC. The zero-order valence-corrected chi connectivity index (χ0v) is 13.3. The van der Waals surface area contributed by atoms with E-state index < -0.39 is 11.4 Å². The van der Waals surface area contributed by atoms with Gasteiger partial charge in [-0.1, -0.05) is 27.7 Å². The van der Waals surface area contributed by atoms with E-state index in [1.807, 2.05) is 27.7 Å². The Bertz CT molecular complexity index is 517. The Hall–Kier alpha value is -2.04. The molecule has 1 amide bonds. The van der Waals surface area contributed by atoms with Gasteiger partial charge < -0.3 is 14.8 Å². The Labute approximate surface area is 125 Å². The van der Waals surface area contributed by atoms with E-state index in [0.29, 0.717) is 23.6 Å². The molecule has 5 nitrogen and oxygen atoms in total. The largest absolute Gasteiger partial charge is 0.493 e. The quantitative estimate of drug-likeness (QED) is 0.846. The number of carbonyl (C=O) groups is 2. The first kappa shape index (κ1) is 17.0. The maximum absolute atomic E-state index is 12.0. The van der Waals surface area contributed by atoms with Gasteiger partial charge in [0.1, 0.15) is 11.3 Å². The highest BCUT2D eigenvalue weighted by Crippen LogP contribution is 2.25. The van der Waals surface area contributed by atoms with Crippen LogP contribution in [0.4, 0.5) is 5.69 Å². The zero-order valence-electron chi connectivity index (χ0n) is 13.3. The summed E-state index contributed by atoms with van der Waals surface area (Å²) >= 11 is 0. The molecule has 0 aliphatic heterocycles. The lowest BCUT2D eigenvalue weighted by atomic mass is 9.95. The first-order valence-corrected chi connectivity index (χ1v) is 6.96. The Morgan fingerprint density at radius 2 is 1.90 bits per heavy atom. The Kier molecular flexibility index (Phi) is 5.76. The molecule has 1 rings (SSSR count). The van der Waals surface area contributed by atoms with E-state index in [4.69, 9.17) is 9.47 Å². The van der Waals surface area contributed by atoms with Crippen LogP contribution >= 0.6 is 0 Å². The molecule has 0 aliphatic carbocycles. The fourth-order valence-electron chi connectivity index (χ4n) is 1.53. The minimum absolute atomic E-state index is 0.124. The van der Waals surface area contributed by atoms with Crippen molar-refractivity contribution in [3.63, 3.8) is 0 Å². The molecule has 21 heavy (non-hydrogen) atoms. The zero-order chi connectivity index (χ0) is 16.0. The summed E-state index contributed by atoms with van der Waals surface area (Å²) < 4.78 is 10.3. The molecule has 0 aliphatic rings. The molecule has 1 aromatic carbocycles. The first-order valence-electron chi connectivity index (χ1n) is 6.96. The van der Waals surface area contributed by atoms with Gasteiger partial charge in [0.15, 0.2) is 0 Å². The summed E-state index contributed by atoms with van der Waals surface area (Å²) in [4.78, 5) is 23.8. The van der Waals surface area contributed by atoms with Crippen molar-refractivity contribution in [3.8, 4) is 5.75 Å². The smallest absolute Gasteiger partial charge is 0.341 e. The Morgan fingerprint density at radius 3 is 2.43 bits per heavy atom. The predicted octanol–water partition coefficient (Wildman–Crippen LogP) is 3.25. The van der Waals surface area contributed by atoms with E-state index in [-0.39, 0.29) is 5.91 Å². The van der Waals surface area contributed by atoms with Gasteiger partial charge in [0.2, 0.25) is 5.91 Å². The molecule has 0 fully saturated rings. The third-order valence-corrected chi connectivity index (χ3v) is 2.79. The average molecular weight is 293 g/mol. The lowest BCUT2D eigenvalue weighted by Gasteiger charge is -2.18. The fourth-order valence-corrected chi connectivity index (χ4v) is 1.53. The molecular formula is C16H23NO4. The van der Waals surface area contributed by atoms with Crippen LogP contribution in [0, 0.1) is 5.41 Å². The van der Waals surface area contributed by atoms with Gasteiger partial charge in [-0.3, -0.25) is 4.79 Å². The van der Waals surface area contributed by atoms with Crippen molar-refractivity contribution in [2.75, 3.05) is 19.0 Å². The van der Waals surface area contributed by atoms with E-state index in [2.05, 4.69) is 5.32 Å². The van der Waals surface area contributed by atoms with Crippen molar-refractivity contribution < 1.29 is 19.1 Å². The highest BCUT2D eigenvalue weighted by Gasteiger charge is 2.22. The van der Waals surface area contributed by atoms with Gasteiger partial charge >= 0.3 is 5.97 Å². The van der Waals surface area contributed by atoms with Gasteiger partial charge in [-0.2, -0.15) is 0 Å². The molecule has 0 saturated heterocycles. The molecule has 0 atom stereocenters. The second-order valence-corrected chi connectivity index (χ2v) is 5.76. The third kappa shape index (κ3) is 4.77. The van der Waals surface area contributed by atoms with Crippen molar-refractivity contribution in [1.29, 1.82) is 0 Å². The van der Waals surface area contributed by atoms with Crippen molar-refractivity contribution in [3.05, 3.63) is 23.8 Å². The van der Waals surface area contributed by atoms with Crippen LogP contribution in [0.1, 0.15) is 44.5 Å². The van der Waals surface area contributed by atoms with Gasteiger partial charge in [-0.25, -0.2) is 4.79 Å². The summed E-state index contributed by atoms with van der Waals surface area (Å²) in [5.74, 6) is -0.161. The summed E-state index contributed by atoms with van der Waals surface area (Å²) in [6.07, 6.45) is 0.836. The molecular weight excluding hydrogens is 270 g/mol. The molecule has 0 bridgehead atoms. The second kappa shape index (κ2) is 7.11. The molecule has 0 heterocycles. The first-order chi connectivity index (χ1) is 9.79. The van der Waals surface area contributed by atoms with Gasteiger partial charge in [-0.05, 0) is 24.6 Å². The number of hydrogen-bond donors (Lipinski definition) is 1. The number of benzene rings is 1. The van der Waals surface area contributed by atoms with Gasteiger partial charge in [0, 0.05) is 11.1 Å². The van der Waals surface area contributed by atoms with Crippen LogP contribution in [0.3, 0.4) is 0 Å². The molecule has 0 radical (unpaired) electrons. The Balaban J connectivity index is 3.04. The van der Waals surface area contributed by atoms with Gasteiger partial charge in [-0.15, -0.1) is 0 Å². The molecule has 0 spiro atoms. The van der Waals surface area contributed by atoms with E-state index in [0.717, 1.165) is 6.42 Å². The van der Waals surface area contributed by atoms with E-state index in [1.54, 1.807) is 18.2 Å². The summed E-state index contributed by atoms with van der Waals surface area (Å²) in [5, 5.41) is 2.78. The van der Waals surface area contributed by atoms with Crippen LogP contribution in [0.25, 0.3) is 0 Å². The summed E-state index contributed by atoms with van der Waals surface area (Å²) in [5.41, 5.74) is 0.333. The molecule has 0 aromatic heterocycles. The van der Waals surface area contributed by atoms with Crippen molar-refractivity contribution in [1.82, 2.24) is 0 Å². The number of methoxy groups -OCH3 is 1. The van der Waals surface area contributed by atoms with Crippen LogP contribution in [0.15, 0.2) is 18.2 Å². The Morgan fingerprint density at radius 1 is 1.24 bits per heavy atom. The van der Waals surface area contributed by atoms with Crippen LogP contribution < -0.4 is 10.1 Å². The lowest BCUT2D eigenvalue weighted by molar-refractivity contribution is -0.123. The summed E-state index contributed by atoms with van der Waals surface area (Å²) in [7, 11) is 1.31. The van der Waals surface area contributed by atoms with Gasteiger partial charge in [0.25, 0.3) is 0 Å². The summed E-state index contributed by atoms with van der Waals surface area (Å²) in [6, 6.07) is 4.95. The topological polar surface area (TPSA) is 64.6 Å². The minimum atomic E-state index is -0.511. The predicted molar refractivity (Wildman–Crippen MR) is 81.7 cm³/mol. The number of amides is 1. The minimum Gasteiger partial charge on any atom is -0.493 e. The van der Waals surface area contributed by atoms with Crippen LogP contribution in [0.5, 0.6) is 5.75 Å². The van der Waals surface area contributed by atoms with Crippen molar-refractivity contribution in [2.24, 2.45) is 5.41 Å². The lowest BCUT2D eigenvalue weighted by Crippen LogP contribution is -2.27. The molecule has 5 heteroatoms. The molecule has 1 N–H and O–H groups in total. The fraction of sp³-hybridized carbons (Fsp3) is 0.500. The van der Waals surface area contributed by atoms with E-state index in [9.17, 15) is 9.59 Å². The maximum atomic E-state index is 12.0. The van der Waals surface area contributed by atoms with Crippen LogP contribution in [0.2, 0.25) is 0 Å². The summed E-state index contributed by atoms with van der Waals surface area (Å²) in [6.45, 7) is 7.96. The van der Waals surface area contributed by atoms with Crippen molar-refractivity contribution >= 4 is 17.6 Å². The number of ether oxygens (including phenoxy) is 2. The highest BCUT2D eigenvalue weighted by molar-refractivity contribution is 5.98. The number of esters is 1. The maximum Gasteiger partial charge on any atom is 0.341 e.